The van der Waals surface area contributed by atoms with Crippen molar-refractivity contribution in [2.45, 2.75) is 19.9 Å². The van der Waals surface area contributed by atoms with Gasteiger partial charge in [0.1, 0.15) is 5.75 Å². The van der Waals surface area contributed by atoms with E-state index in [1.165, 1.54) is 0 Å². The van der Waals surface area contributed by atoms with E-state index < -0.39 is 0 Å². The van der Waals surface area contributed by atoms with Crippen LogP contribution in [0.25, 0.3) is 0 Å². The lowest BCUT2D eigenvalue weighted by Gasteiger charge is -2.27. The van der Waals surface area contributed by atoms with Crippen molar-refractivity contribution in [3.63, 3.8) is 0 Å². The Labute approximate surface area is 108 Å². The number of nitrogens with two attached hydrogens (primary N) is 1. The summed E-state index contributed by atoms with van der Waals surface area (Å²) in [7, 11) is 2.10. The van der Waals surface area contributed by atoms with Crippen LogP contribution in [0.3, 0.4) is 0 Å². The second-order valence-corrected chi connectivity index (χ2v) is 4.98. The average molecular weight is 254 g/mol. The molecule has 0 fully saturated rings. The zero-order chi connectivity index (χ0) is 12.8. The standard InChI is InChI=1S/C13H22N2OS/c1-5-16-13-8-11(6-7-12(13)14)15(3)10(2)9-17-4/h6-8,10H,5,9,14H2,1-4H3. The number of benzene rings is 1. The lowest BCUT2D eigenvalue weighted by Crippen LogP contribution is -2.30. The molecular weight excluding hydrogens is 232 g/mol. The summed E-state index contributed by atoms with van der Waals surface area (Å²) in [6, 6.07) is 6.44. The van der Waals surface area contributed by atoms with Gasteiger partial charge in [-0.25, -0.2) is 0 Å². The first-order valence-corrected chi connectivity index (χ1v) is 7.23. The molecule has 0 radical (unpaired) electrons. The number of nitrogens with zero attached hydrogens (tertiary/aromatic N) is 1. The van der Waals surface area contributed by atoms with Gasteiger partial charge in [-0.15, -0.1) is 0 Å². The fraction of sp³-hybridized carbons (Fsp3) is 0.538. The number of rotatable bonds is 6. The van der Waals surface area contributed by atoms with Crippen molar-refractivity contribution < 1.29 is 4.74 Å². The molecule has 0 aliphatic heterocycles. The minimum Gasteiger partial charge on any atom is -0.492 e. The molecule has 0 aromatic heterocycles. The molecule has 1 aromatic rings. The molecule has 1 rings (SSSR count). The molecule has 0 saturated heterocycles. The predicted molar refractivity (Wildman–Crippen MR) is 78.3 cm³/mol. The van der Waals surface area contributed by atoms with Crippen LogP contribution >= 0.6 is 11.8 Å². The Balaban J connectivity index is 2.86. The van der Waals surface area contributed by atoms with Gasteiger partial charge < -0.3 is 15.4 Å². The van der Waals surface area contributed by atoms with Gasteiger partial charge >= 0.3 is 0 Å². The number of nitrogen functional groups attached to an aromatic ring is 1. The quantitative estimate of drug-likeness (QED) is 0.792. The Morgan fingerprint density at radius 3 is 2.76 bits per heavy atom. The molecule has 1 aromatic carbocycles. The fourth-order valence-electron chi connectivity index (χ4n) is 1.63. The summed E-state index contributed by atoms with van der Waals surface area (Å²) < 4.78 is 5.51. The Morgan fingerprint density at radius 2 is 2.18 bits per heavy atom. The molecule has 0 spiro atoms. The van der Waals surface area contributed by atoms with Crippen molar-refractivity contribution in [3.05, 3.63) is 18.2 Å². The predicted octanol–water partition coefficient (Wildman–Crippen LogP) is 2.86. The average Bonchev–Trinajstić information content (AvgIpc) is 2.31. The van der Waals surface area contributed by atoms with Gasteiger partial charge in [0.25, 0.3) is 0 Å². The van der Waals surface area contributed by atoms with Crippen LogP contribution in [-0.2, 0) is 0 Å². The molecule has 0 amide bonds. The Hall–Kier alpha value is -1.03. The van der Waals surface area contributed by atoms with Crippen LogP contribution in [0.5, 0.6) is 5.75 Å². The summed E-state index contributed by atoms with van der Waals surface area (Å²) in [5, 5.41) is 0. The van der Waals surface area contributed by atoms with Crippen molar-refractivity contribution in [3.8, 4) is 5.75 Å². The molecule has 0 heterocycles. The van der Waals surface area contributed by atoms with Crippen LogP contribution in [0, 0.1) is 0 Å². The van der Waals surface area contributed by atoms with Crippen LogP contribution < -0.4 is 15.4 Å². The lowest BCUT2D eigenvalue weighted by atomic mass is 10.2. The van der Waals surface area contributed by atoms with Gasteiger partial charge in [0.05, 0.1) is 12.3 Å². The SMILES string of the molecule is CCOc1cc(N(C)C(C)CSC)ccc1N. The summed E-state index contributed by atoms with van der Waals surface area (Å²) in [5.74, 6) is 1.87. The molecule has 17 heavy (non-hydrogen) atoms. The van der Waals surface area contributed by atoms with E-state index in [1.54, 1.807) is 0 Å². The number of hydrogen-bond donors (Lipinski definition) is 1. The van der Waals surface area contributed by atoms with E-state index in [9.17, 15) is 0 Å². The maximum Gasteiger partial charge on any atom is 0.144 e. The van der Waals surface area contributed by atoms with Crippen LogP contribution in [-0.4, -0.2) is 31.7 Å². The zero-order valence-electron chi connectivity index (χ0n) is 11.1. The highest BCUT2D eigenvalue weighted by molar-refractivity contribution is 7.98. The van der Waals surface area contributed by atoms with Crippen LogP contribution in [0.15, 0.2) is 18.2 Å². The highest BCUT2D eigenvalue weighted by Crippen LogP contribution is 2.28. The monoisotopic (exact) mass is 254 g/mol. The maximum atomic E-state index is 5.86. The third kappa shape index (κ3) is 3.73. The highest BCUT2D eigenvalue weighted by Gasteiger charge is 2.11. The van der Waals surface area contributed by atoms with Gasteiger partial charge in [0.15, 0.2) is 0 Å². The molecule has 2 N–H and O–H groups in total. The Kier molecular flexibility index (Phi) is 5.48. The molecule has 0 aliphatic rings. The van der Waals surface area contributed by atoms with Gasteiger partial charge in [0, 0.05) is 30.6 Å². The molecular formula is C13H22N2OS. The van der Waals surface area contributed by atoms with Crippen LogP contribution in [0.4, 0.5) is 11.4 Å². The van der Waals surface area contributed by atoms with Crippen molar-refractivity contribution in [1.82, 2.24) is 0 Å². The Morgan fingerprint density at radius 1 is 1.47 bits per heavy atom. The summed E-state index contributed by atoms with van der Waals surface area (Å²) in [5.41, 5.74) is 7.70. The van der Waals surface area contributed by atoms with E-state index >= 15 is 0 Å². The minimum absolute atomic E-state index is 0.489. The Bertz CT molecular complexity index is 357. The number of thioether (sulfide) groups is 1. The van der Waals surface area contributed by atoms with Gasteiger partial charge in [0.2, 0.25) is 0 Å². The third-order valence-corrected chi connectivity index (χ3v) is 3.59. The second kappa shape index (κ2) is 6.64. The second-order valence-electron chi connectivity index (χ2n) is 4.07. The fourth-order valence-corrected chi connectivity index (χ4v) is 2.34. The van der Waals surface area contributed by atoms with E-state index in [1.807, 2.05) is 36.9 Å². The topological polar surface area (TPSA) is 38.5 Å². The highest BCUT2D eigenvalue weighted by atomic mass is 32.2. The normalized spacial score (nSPS) is 12.2. The third-order valence-electron chi connectivity index (χ3n) is 2.77. The van der Waals surface area contributed by atoms with E-state index in [0.717, 1.165) is 17.2 Å². The first-order valence-electron chi connectivity index (χ1n) is 5.84. The van der Waals surface area contributed by atoms with Gasteiger partial charge in [-0.05, 0) is 32.2 Å². The van der Waals surface area contributed by atoms with Crippen LogP contribution in [0.2, 0.25) is 0 Å². The maximum absolute atomic E-state index is 5.86. The van der Waals surface area contributed by atoms with Crippen molar-refractivity contribution in [2.24, 2.45) is 0 Å². The minimum atomic E-state index is 0.489. The van der Waals surface area contributed by atoms with E-state index in [4.69, 9.17) is 10.5 Å². The van der Waals surface area contributed by atoms with E-state index in [-0.39, 0.29) is 0 Å². The molecule has 1 atom stereocenters. The molecule has 0 bridgehead atoms. The summed E-state index contributed by atoms with van der Waals surface area (Å²) in [4.78, 5) is 2.25. The zero-order valence-corrected chi connectivity index (χ0v) is 11.9. The summed E-state index contributed by atoms with van der Waals surface area (Å²) in [6.45, 7) is 4.82. The molecule has 1 unspecified atom stereocenters. The number of ether oxygens (including phenoxy) is 1. The number of anilines is 2. The largest absolute Gasteiger partial charge is 0.492 e. The number of hydrogen-bond acceptors (Lipinski definition) is 4. The first-order chi connectivity index (χ1) is 8.10. The van der Waals surface area contributed by atoms with Gasteiger partial charge in [-0.1, -0.05) is 0 Å². The molecule has 3 nitrogen and oxygen atoms in total. The summed E-state index contributed by atoms with van der Waals surface area (Å²) in [6.07, 6.45) is 2.12. The summed E-state index contributed by atoms with van der Waals surface area (Å²) >= 11 is 1.85. The van der Waals surface area contributed by atoms with Crippen molar-refractivity contribution >= 4 is 23.1 Å². The van der Waals surface area contributed by atoms with E-state index in [0.29, 0.717) is 18.3 Å². The van der Waals surface area contributed by atoms with Gasteiger partial charge in [-0.2, -0.15) is 11.8 Å². The van der Waals surface area contributed by atoms with Crippen molar-refractivity contribution in [2.75, 3.05) is 36.3 Å². The molecule has 0 aliphatic carbocycles. The van der Waals surface area contributed by atoms with Crippen LogP contribution in [0.1, 0.15) is 13.8 Å². The molecule has 0 saturated carbocycles. The first kappa shape index (κ1) is 14.0. The smallest absolute Gasteiger partial charge is 0.144 e. The van der Waals surface area contributed by atoms with Gasteiger partial charge in [-0.3, -0.25) is 0 Å². The van der Waals surface area contributed by atoms with Crippen molar-refractivity contribution in [1.29, 1.82) is 0 Å². The molecule has 4 heteroatoms. The van der Waals surface area contributed by atoms with E-state index in [2.05, 4.69) is 25.1 Å². The molecule has 96 valence electrons. The lowest BCUT2D eigenvalue weighted by molar-refractivity contribution is 0.342.